The van der Waals surface area contributed by atoms with Crippen LogP contribution in [0, 0.1) is 0 Å². The van der Waals surface area contributed by atoms with Gasteiger partial charge in [-0.2, -0.15) is 0 Å². The molecule has 106 valence electrons. The highest BCUT2D eigenvalue weighted by Gasteiger charge is 2.34. The van der Waals surface area contributed by atoms with Gasteiger partial charge in [0.15, 0.2) is 0 Å². The molecule has 1 fully saturated rings. The minimum atomic E-state index is 0.164. The van der Waals surface area contributed by atoms with E-state index in [1.54, 1.807) is 0 Å². The highest BCUT2D eigenvalue weighted by molar-refractivity contribution is 9.10. The summed E-state index contributed by atoms with van der Waals surface area (Å²) in [7, 11) is 1.97. The van der Waals surface area contributed by atoms with Gasteiger partial charge in [-0.15, -0.1) is 0 Å². The summed E-state index contributed by atoms with van der Waals surface area (Å²) in [6.07, 6.45) is 3.93. The molecule has 19 heavy (non-hydrogen) atoms. The van der Waals surface area contributed by atoms with Crippen molar-refractivity contribution in [2.75, 3.05) is 26.7 Å². The number of aromatic nitrogens is 1. The molecule has 0 aromatic carbocycles. The van der Waals surface area contributed by atoms with Crippen LogP contribution in [-0.2, 0) is 4.74 Å². The van der Waals surface area contributed by atoms with Gasteiger partial charge in [-0.05, 0) is 48.5 Å². The van der Waals surface area contributed by atoms with Crippen molar-refractivity contribution < 1.29 is 4.74 Å². The maximum absolute atomic E-state index is 5.96. The zero-order valence-corrected chi connectivity index (χ0v) is 13.4. The molecule has 1 aromatic rings. The topological polar surface area (TPSA) is 37.4 Å². The predicted molar refractivity (Wildman–Crippen MR) is 80.2 cm³/mol. The third kappa shape index (κ3) is 3.54. The number of nitrogens with one attached hydrogen (secondary N) is 1. The summed E-state index contributed by atoms with van der Waals surface area (Å²) in [5, 5.41) is 3.23. The van der Waals surface area contributed by atoms with E-state index in [2.05, 4.69) is 51.0 Å². The molecule has 2 heterocycles. The normalized spacial score (nSPS) is 24.9. The quantitative estimate of drug-likeness (QED) is 0.920. The molecule has 2 unspecified atom stereocenters. The lowest BCUT2D eigenvalue weighted by Gasteiger charge is -2.43. The Morgan fingerprint density at radius 3 is 2.95 bits per heavy atom. The number of halogens is 1. The molecule has 4 nitrogen and oxygen atoms in total. The molecule has 2 rings (SSSR count). The summed E-state index contributed by atoms with van der Waals surface area (Å²) in [6, 6.07) is 2.89. The zero-order chi connectivity index (χ0) is 13.8. The van der Waals surface area contributed by atoms with Gasteiger partial charge < -0.3 is 10.1 Å². The summed E-state index contributed by atoms with van der Waals surface area (Å²) < 4.78 is 6.97. The molecule has 0 spiro atoms. The van der Waals surface area contributed by atoms with Crippen LogP contribution in [0.15, 0.2) is 22.9 Å². The summed E-state index contributed by atoms with van der Waals surface area (Å²) >= 11 is 3.51. The number of nitrogens with zero attached hydrogens (tertiary/aromatic N) is 2. The molecule has 0 aliphatic carbocycles. The molecule has 1 N–H and O–H groups in total. The van der Waals surface area contributed by atoms with Crippen LogP contribution in [0.3, 0.4) is 0 Å². The van der Waals surface area contributed by atoms with Crippen LogP contribution in [0.5, 0.6) is 0 Å². The van der Waals surface area contributed by atoms with E-state index in [-0.39, 0.29) is 12.1 Å². The first-order valence-electron chi connectivity index (χ1n) is 6.76. The third-order valence-electron chi connectivity index (χ3n) is 3.53. The van der Waals surface area contributed by atoms with Crippen LogP contribution in [-0.4, -0.2) is 48.8 Å². The summed E-state index contributed by atoms with van der Waals surface area (Å²) in [6.45, 7) is 7.08. The van der Waals surface area contributed by atoms with Crippen LogP contribution in [0.2, 0.25) is 0 Å². The average molecular weight is 328 g/mol. The van der Waals surface area contributed by atoms with Gasteiger partial charge in [0.25, 0.3) is 0 Å². The van der Waals surface area contributed by atoms with Crippen molar-refractivity contribution in [1.29, 1.82) is 0 Å². The maximum Gasteiger partial charge on any atom is 0.0897 e. The molecule has 5 heteroatoms. The van der Waals surface area contributed by atoms with Crippen molar-refractivity contribution in [3.63, 3.8) is 0 Å². The lowest BCUT2D eigenvalue weighted by Crippen LogP contribution is -2.51. The zero-order valence-electron chi connectivity index (χ0n) is 11.8. The first-order valence-corrected chi connectivity index (χ1v) is 7.55. The standard InChI is InChI=1S/C14H22BrN3O/c1-10(2)18-4-5-19-13(9-16-3)14(18)11-6-12(15)8-17-7-11/h6-8,10,13-14,16H,4-5,9H2,1-3H3. The maximum atomic E-state index is 5.96. The Kier molecular flexibility index (Phi) is 5.33. The number of rotatable bonds is 4. The number of pyridine rings is 1. The highest BCUT2D eigenvalue weighted by Crippen LogP contribution is 2.31. The summed E-state index contributed by atoms with van der Waals surface area (Å²) in [4.78, 5) is 6.79. The molecule has 1 aromatic heterocycles. The number of morpholine rings is 1. The van der Waals surface area contributed by atoms with E-state index in [9.17, 15) is 0 Å². The van der Waals surface area contributed by atoms with Crippen LogP contribution in [0.4, 0.5) is 0 Å². The van der Waals surface area contributed by atoms with Crippen LogP contribution < -0.4 is 5.32 Å². The second-order valence-electron chi connectivity index (χ2n) is 5.18. The molecule has 0 amide bonds. The van der Waals surface area contributed by atoms with E-state index >= 15 is 0 Å². The van der Waals surface area contributed by atoms with Gasteiger partial charge in [0.05, 0.1) is 18.8 Å². The van der Waals surface area contributed by atoms with Gasteiger partial charge in [-0.25, -0.2) is 0 Å². The SMILES string of the molecule is CNCC1OCCN(C(C)C)C1c1cncc(Br)c1. The summed E-state index contributed by atoms with van der Waals surface area (Å²) in [5.74, 6) is 0. The van der Waals surface area contributed by atoms with Crippen LogP contribution >= 0.6 is 15.9 Å². The molecule has 2 atom stereocenters. The monoisotopic (exact) mass is 327 g/mol. The average Bonchev–Trinajstić information content (AvgIpc) is 2.38. The molecule has 0 saturated carbocycles. The molecule has 0 bridgehead atoms. The van der Waals surface area contributed by atoms with E-state index in [1.165, 1.54) is 5.56 Å². The molecule has 1 aliphatic heterocycles. The van der Waals surface area contributed by atoms with Crippen molar-refractivity contribution in [3.05, 3.63) is 28.5 Å². The van der Waals surface area contributed by atoms with E-state index in [0.29, 0.717) is 6.04 Å². The van der Waals surface area contributed by atoms with Gasteiger partial charge in [0, 0.05) is 36.0 Å². The van der Waals surface area contributed by atoms with Crippen molar-refractivity contribution >= 4 is 15.9 Å². The third-order valence-corrected chi connectivity index (χ3v) is 3.96. The Balaban J connectivity index is 2.31. The molecular formula is C14H22BrN3O. The lowest BCUT2D eigenvalue weighted by molar-refractivity contribution is -0.0816. The van der Waals surface area contributed by atoms with E-state index in [0.717, 1.165) is 24.2 Å². The van der Waals surface area contributed by atoms with Gasteiger partial charge in [0.2, 0.25) is 0 Å². The first-order chi connectivity index (χ1) is 9.13. The molecular weight excluding hydrogens is 306 g/mol. The van der Waals surface area contributed by atoms with E-state index in [1.807, 2.05) is 19.4 Å². The number of ether oxygens (including phenoxy) is 1. The van der Waals surface area contributed by atoms with Crippen molar-refractivity contribution in [3.8, 4) is 0 Å². The van der Waals surface area contributed by atoms with Crippen molar-refractivity contribution in [2.24, 2.45) is 0 Å². The van der Waals surface area contributed by atoms with Gasteiger partial charge in [0.1, 0.15) is 0 Å². The van der Waals surface area contributed by atoms with Crippen LogP contribution in [0.1, 0.15) is 25.5 Å². The molecule has 0 radical (unpaired) electrons. The Morgan fingerprint density at radius 2 is 2.32 bits per heavy atom. The van der Waals surface area contributed by atoms with Gasteiger partial charge >= 0.3 is 0 Å². The smallest absolute Gasteiger partial charge is 0.0897 e. The Labute approximate surface area is 123 Å². The fraction of sp³-hybridized carbons (Fsp3) is 0.643. The van der Waals surface area contributed by atoms with Gasteiger partial charge in [-0.3, -0.25) is 9.88 Å². The predicted octanol–water partition coefficient (Wildman–Crippen LogP) is 2.21. The second-order valence-corrected chi connectivity index (χ2v) is 6.10. The Morgan fingerprint density at radius 1 is 1.53 bits per heavy atom. The Bertz CT molecular complexity index is 411. The minimum Gasteiger partial charge on any atom is -0.374 e. The fourth-order valence-electron chi connectivity index (χ4n) is 2.70. The van der Waals surface area contributed by atoms with Gasteiger partial charge in [-0.1, -0.05) is 0 Å². The molecule has 1 aliphatic rings. The first kappa shape index (κ1) is 14.9. The second kappa shape index (κ2) is 6.79. The largest absolute Gasteiger partial charge is 0.374 e. The van der Waals surface area contributed by atoms with Crippen LogP contribution in [0.25, 0.3) is 0 Å². The molecule has 1 saturated heterocycles. The summed E-state index contributed by atoms with van der Waals surface area (Å²) in [5.41, 5.74) is 1.21. The van der Waals surface area contributed by atoms with E-state index in [4.69, 9.17) is 4.74 Å². The number of likely N-dealkylation sites (N-methyl/N-ethyl adjacent to an activating group) is 1. The van der Waals surface area contributed by atoms with E-state index < -0.39 is 0 Å². The lowest BCUT2D eigenvalue weighted by atomic mass is 9.98. The minimum absolute atomic E-state index is 0.164. The fourth-order valence-corrected chi connectivity index (χ4v) is 3.08. The van der Waals surface area contributed by atoms with Crippen molar-refractivity contribution in [1.82, 2.24) is 15.2 Å². The Hall–Kier alpha value is -0.490. The number of hydrogen-bond donors (Lipinski definition) is 1. The van der Waals surface area contributed by atoms with Crippen molar-refractivity contribution in [2.45, 2.75) is 32.0 Å². The highest BCUT2D eigenvalue weighted by atomic mass is 79.9. The number of hydrogen-bond acceptors (Lipinski definition) is 4.